The molecule has 0 saturated carbocycles. The molecule has 1 N–H and O–H groups in total. The number of benzene rings is 2. The van der Waals surface area contributed by atoms with Crippen molar-refractivity contribution < 1.29 is 17.6 Å². The minimum Gasteiger partial charge on any atom is -0.459 e. The van der Waals surface area contributed by atoms with Gasteiger partial charge in [-0.25, -0.2) is 8.42 Å². The van der Waals surface area contributed by atoms with Gasteiger partial charge in [0.1, 0.15) is 0 Å². The van der Waals surface area contributed by atoms with Gasteiger partial charge in [0.15, 0.2) is 15.6 Å². The standard InChI is InChI=1S/C25H29N3O4S/c1-3-27-12-14-28(15-13-27)21-9-10-23(19(2)17-21)26-25(29)24-20(11-16-32-24)18-33(30,31)22-7-5-4-6-8-22/h4-11,16-17H,3,12-15,18H2,1-2H3,(H,26,29). The SMILES string of the molecule is CCN1CCN(c2ccc(NC(=O)c3occc3CS(=O)(=O)c3ccccc3)c(C)c2)CC1. The van der Waals surface area contributed by atoms with Crippen LogP contribution in [0.2, 0.25) is 0 Å². The van der Waals surface area contributed by atoms with Crippen LogP contribution in [0.1, 0.15) is 28.6 Å². The summed E-state index contributed by atoms with van der Waals surface area (Å²) < 4.78 is 30.8. The van der Waals surface area contributed by atoms with E-state index in [1.165, 1.54) is 12.3 Å². The molecule has 3 aromatic rings. The van der Waals surface area contributed by atoms with Crippen LogP contribution in [-0.2, 0) is 15.6 Å². The molecule has 0 spiro atoms. The number of nitrogens with zero attached hydrogens (tertiary/aromatic N) is 2. The highest BCUT2D eigenvalue weighted by Gasteiger charge is 2.23. The molecule has 0 radical (unpaired) electrons. The highest BCUT2D eigenvalue weighted by molar-refractivity contribution is 7.90. The summed E-state index contributed by atoms with van der Waals surface area (Å²) in [6.45, 7) is 9.24. The third kappa shape index (κ3) is 5.29. The fourth-order valence-electron chi connectivity index (χ4n) is 4.05. The molecule has 1 aliphatic heterocycles. The highest BCUT2D eigenvalue weighted by atomic mass is 32.2. The van der Waals surface area contributed by atoms with Crippen LogP contribution < -0.4 is 10.2 Å². The molecular formula is C25H29N3O4S. The van der Waals surface area contributed by atoms with Crippen molar-refractivity contribution in [1.82, 2.24) is 4.90 Å². The number of furan rings is 1. The second-order valence-electron chi connectivity index (χ2n) is 8.22. The fourth-order valence-corrected chi connectivity index (χ4v) is 5.43. The Morgan fingerprint density at radius 2 is 1.76 bits per heavy atom. The van der Waals surface area contributed by atoms with E-state index in [0.717, 1.165) is 44.0 Å². The molecule has 1 saturated heterocycles. The van der Waals surface area contributed by atoms with E-state index in [1.54, 1.807) is 30.3 Å². The first kappa shape index (κ1) is 23.1. The Hall–Kier alpha value is -3.10. The first-order valence-electron chi connectivity index (χ1n) is 11.1. The molecule has 2 heterocycles. The Morgan fingerprint density at radius 1 is 1.03 bits per heavy atom. The van der Waals surface area contributed by atoms with Gasteiger partial charge >= 0.3 is 0 Å². The van der Waals surface area contributed by atoms with E-state index >= 15 is 0 Å². The number of carbonyl (C=O) groups excluding carboxylic acids is 1. The zero-order chi connectivity index (χ0) is 23.4. The molecule has 1 amide bonds. The topological polar surface area (TPSA) is 82.9 Å². The number of piperazine rings is 1. The first-order valence-corrected chi connectivity index (χ1v) is 12.8. The van der Waals surface area contributed by atoms with Crippen molar-refractivity contribution in [3.63, 3.8) is 0 Å². The Morgan fingerprint density at radius 3 is 2.42 bits per heavy atom. The number of sulfone groups is 1. The second kappa shape index (κ2) is 9.80. The number of carbonyl (C=O) groups is 1. The molecule has 1 fully saturated rings. The van der Waals surface area contributed by atoms with Crippen molar-refractivity contribution in [3.8, 4) is 0 Å². The van der Waals surface area contributed by atoms with Crippen LogP contribution in [-0.4, -0.2) is 51.9 Å². The lowest BCUT2D eigenvalue weighted by atomic mass is 10.1. The number of aryl methyl sites for hydroxylation is 1. The zero-order valence-electron chi connectivity index (χ0n) is 19.0. The summed E-state index contributed by atoms with van der Waals surface area (Å²) in [5.41, 5.74) is 3.07. The van der Waals surface area contributed by atoms with E-state index in [9.17, 15) is 13.2 Å². The summed E-state index contributed by atoms with van der Waals surface area (Å²) >= 11 is 0. The van der Waals surface area contributed by atoms with Crippen LogP contribution in [0.3, 0.4) is 0 Å². The lowest BCUT2D eigenvalue weighted by Gasteiger charge is -2.35. The van der Waals surface area contributed by atoms with Crippen LogP contribution in [0.4, 0.5) is 11.4 Å². The number of nitrogens with one attached hydrogen (secondary N) is 1. The smallest absolute Gasteiger partial charge is 0.291 e. The van der Waals surface area contributed by atoms with Crippen molar-refractivity contribution in [3.05, 3.63) is 77.7 Å². The van der Waals surface area contributed by atoms with E-state index in [1.807, 2.05) is 19.1 Å². The number of rotatable bonds is 7. The van der Waals surface area contributed by atoms with Crippen molar-refractivity contribution in [1.29, 1.82) is 0 Å². The number of hydrogen-bond donors (Lipinski definition) is 1. The van der Waals surface area contributed by atoms with Crippen molar-refractivity contribution >= 4 is 27.1 Å². The van der Waals surface area contributed by atoms with Gasteiger partial charge in [0.25, 0.3) is 5.91 Å². The van der Waals surface area contributed by atoms with Crippen molar-refractivity contribution in [2.75, 3.05) is 42.9 Å². The Balaban J connectivity index is 1.46. The highest BCUT2D eigenvalue weighted by Crippen LogP contribution is 2.26. The minimum atomic E-state index is -3.59. The molecule has 0 atom stereocenters. The average molecular weight is 468 g/mol. The van der Waals surface area contributed by atoms with Crippen LogP contribution >= 0.6 is 0 Å². The molecular weight excluding hydrogens is 438 g/mol. The predicted octanol–water partition coefficient (Wildman–Crippen LogP) is 3.96. The summed E-state index contributed by atoms with van der Waals surface area (Å²) in [6, 6.07) is 15.7. The molecule has 174 valence electrons. The van der Waals surface area contributed by atoms with Crippen LogP contribution in [0.5, 0.6) is 0 Å². The summed E-state index contributed by atoms with van der Waals surface area (Å²) in [7, 11) is -3.59. The Labute approximate surface area is 194 Å². The molecule has 1 aromatic heterocycles. The maximum Gasteiger partial charge on any atom is 0.291 e. The first-order chi connectivity index (χ1) is 15.9. The fraction of sp³-hybridized carbons (Fsp3) is 0.320. The van der Waals surface area contributed by atoms with Crippen molar-refractivity contribution in [2.45, 2.75) is 24.5 Å². The van der Waals surface area contributed by atoms with E-state index in [4.69, 9.17) is 4.42 Å². The summed E-state index contributed by atoms with van der Waals surface area (Å²) in [5, 5.41) is 2.87. The predicted molar refractivity (Wildman–Crippen MR) is 129 cm³/mol. The Kier molecular flexibility index (Phi) is 6.85. The lowest BCUT2D eigenvalue weighted by Crippen LogP contribution is -2.46. The van der Waals surface area contributed by atoms with Gasteiger partial charge in [-0.1, -0.05) is 25.1 Å². The van der Waals surface area contributed by atoms with Gasteiger partial charge in [-0.05, 0) is 55.4 Å². The molecule has 2 aromatic carbocycles. The zero-order valence-corrected chi connectivity index (χ0v) is 19.8. The van der Waals surface area contributed by atoms with Gasteiger partial charge in [-0.15, -0.1) is 0 Å². The number of likely N-dealkylation sites (N-methyl/N-ethyl adjacent to an activating group) is 1. The molecule has 0 aliphatic carbocycles. The maximum atomic E-state index is 12.9. The normalized spacial score (nSPS) is 14.9. The second-order valence-corrected chi connectivity index (χ2v) is 10.2. The number of amides is 1. The molecule has 33 heavy (non-hydrogen) atoms. The van der Waals surface area contributed by atoms with E-state index in [2.05, 4.69) is 28.1 Å². The van der Waals surface area contributed by atoms with Crippen LogP contribution in [0.15, 0.2) is 70.2 Å². The van der Waals surface area contributed by atoms with Crippen molar-refractivity contribution in [2.24, 2.45) is 0 Å². The quantitative estimate of drug-likeness (QED) is 0.566. The third-order valence-corrected chi connectivity index (χ3v) is 7.73. The third-order valence-electron chi connectivity index (χ3n) is 6.04. The molecule has 7 nitrogen and oxygen atoms in total. The monoisotopic (exact) mass is 467 g/mol. The summed E-state index contributed by atoms with van der Waals surface area (Å²) in [5.74, 6) is -0.767. The van der Waals surface area contributed by atoms with Gasteiger partial charge in [0.2, 0.25) is 0 Å². The van der Waals surface area contributed by atoms with E-state index < -0.39 is 15.7 Å². The lowest BCUT2D eigenvalue weighted by molar-refractivity contribution is 0.0995. The number of anilines is 2. The summed E-state index contributed by atoms with van der Waals surface area (Å²) in [4.78, 5) is 17.9. The molecule has 8 heteroatoms. The van der Waals surface area contributed by atoms with Gasteiger partial charge in [0, 0.05) is 43.1 Å². The van der Waals surface area contributed by atoms with E-state index in [0.29, 0.717) is 11.3 Å². The molecule has 0 unspecified atom stereocenters. The average Bonchev–Trinajstić information content (AvgIpc) is 3.28. The van der Waals surface area contributed by atoms with Gasteiger partial charge in [0.05, 0.1) is 16.9 Å². The van der Waals surface area contributed by atoms with E-state index in [-0.39, 0.29) is 16.4 Å². The van der Waals surface area contributed by atoms with Crippen LogP contribution in [0, 0.1) is 6.92 Å². The van der Waals surface area contributed by atoms with Gasteiger partial charge in [-0.3, -0.25) is 4.79 Å². The molecule has 4 rings (SSSR count). The van der Waals surface area contributed by atoms with Gasteiger partial charge in [-0.2, -0.15) is 0 Å². The molecule has 1 aliphatic rings. The minimum absolute atomic E-state index is 0.00803. The number of hydrogen-bond acceptors (Lipinski definition) is 6. The maximum absolute atomic E-state index is 12.9. The largest absolute Gasteiger partial charge is 0.459 e. The molecule has 0 bridgehead atoms. The Bertz CT molecular complexity index is 1210. The summed E-state index contributed by atoms with van der Waals surface area (Å²) in [6.07, 6.45) is 1.34. The van der Waals surface area contributed by atoms with Gasteiger partial charge < -0.3 is 19.5 Å². The van der Waals surface area contributed by atoms with Crippen LogP contribution in [0.25, 0.3) is 0 Å².